The fourth-order valence-corrected chi connectivity index (χ4v) is 1.49. The lowest BCUT2D eigenvalue weighted by molar-refractivity contribution is -0.118. The van der Waals surface area contributed by atoms with Gasteiger partial charge in [0.05, 0.1) is 6.54 Å². The van der Waals surface area contributed by atoms with Crippen molar-refractivity contribution in [2.75, 3.05) is 18.4 Å². The molecular formula is C12H14IN3O2. The normalized spacial score (nSPS) is 9.39. The summed E-state index contributed by atoms with van der Waals surface area (Å²) in [6, 6.07) is 7.07. The zero-order chi connectivity index (χ0) is 13.4. The smallest absolute Gasteiger partial charge is 0.321 e. The Labute approximate surface area is 119 Å². The Morgan fingerprint density at radius 1 is 1.28 bits per heavy atom. The van der Waals surface area contributed by atoms with Gasteiger partial charge in [-0.15, -0.1) is 6.58 Å². The van der Waals surface area contributed by atoms with Crippen LogP contribution in [0.15, 0.2) is 36.9 Å². The summed E-state index contributed by atoms with van der Waals surface area (Å²) in [5.41, 5.74) is 0.831. The molecule has 0 fully saturated rings. The lowest BCUT2D eigenvalue weighted by Crippen LogP contribution is -2.41. The number of carbonyl (C=O) groups excluding carboxylic acids is 2. The number of carbonyl (C=O) groups is 2. The van der Waals surface area contributed by atoms with E-state index < -0.39 is 11.9 Å². The van der Waals surface area contributed by atoms with Crippen LogP contribution >= 0.6 is 22.6 Å². The van der Waals surface area contributed by atoms with Crippen molar-refractivity contribution in [3.63, 3.8) is 0 Å². The lowest BCUT2D eigenvalue weighted by Gasteiger charge is -2.07. The number of halogens is 1. The van der Waals surface area contributed by atoms with E-state index in [1.807, 2.05) is 24.3 Å². The van der Waals surface area contributed by atoms with Crippen LogP contribution in [0.25, 0.3) is 0 Å². The van der Waals surface area contributed by atoms with Gasteiger partial charge in [-0.1, -0.05) is 6.08 Å². The van der Waals surface area contributed by atoms with Gasteiger partial charge in [0.15, 0.2) is 0 Å². The highest BCUT2D eigenvalue weighted by atomic mass is 127. The van der Waals surface area contributed by atoms with Gasteiger partial charge in [0, 0.05) is 15.8 Å². The number of nitrogens with one attached hydrogen (secondary N) is 3. The minimum absolute atomic E-state index is 0.0438. The number of hydrogen-bond acceptors (Lipinski definition) is 3. The lowest BCUT2D eigenvalue weighted by atomic mass is 10.3. The molecule has 1 aromatic carbocycles. The summed E-state index contributed by atoms with van der Waals surface area (Å²) in [6.45, 7) is 3.82. The van der Waals surface area contributed by atoms with Crippen LogP contribution in [0.5, 0.6) is 0 Å². The largest absolute Gasteiger partial charge is 0.376 e. The predicted octanol–water partition coefficient (Wildman–Crippen LogP) is 1.71. The summed E-state index contributed by atoms with van der Waals surface area (Å²) in [5, 5.41) is 7.56. The average Bonchev–Trinajstić information content (AvgIpc) is 2.35. The predicted molar refractivity (Wildman–Crippen MR) is 79.4 cm³/mol. The molecule has 0 atom stereocenters. The molecule has 0 bridgehead atoms. The molecule has 0 aliphatic heterocycles. The summed E-state index contributed by atoms with van der Waals surface area (Å²) in [6.07, 6.45) is 1.54. The van der Waals surface area contributed by atoms with Crippen LogP contribution in [0.1, 0.15) is 0 Å². The molecule has 1 rings (SSSR count). The van der Waals surface area contributed by atoms with Gasteiger partial charge in [0.1, 0.15) is 0 Å². The van der Waals surface area contributed by atoms with E-state index in [4.69, 9.17) is 0 Å². The van der Waals surface area contributed by atoms with Crippen LogP contribution in [0.4, 0.5) is 10.5 Å². The summed E-state index contributed by atoms with van der Waals surface area (Å²) in [4.78, 5) is 22.5. The summed E-state index contributed by atoms with van der Waals surface area (Å²) in [5.74, 6) is -0.393. The molecule has 0 unspecified atom stereocenters. The second-order valence-corrected chi connectivity index (χ2v) is 4.65. The van der Waals surface area contributed by atoms with Crippen LogP contribution in [0, 0.1) is 3.57 Å². The fraction of sp³-hybridized carbons (Fsp3) is 0.167. The molecule has 0 aliphatic rings. The van der Waals surface area contributed by atoms with Crippen molar-refractivity contribution in [3.8, 4) is 0 Å². The maximum atomic E-state index is 11.4. The van der Waals surface area contributed by atoms with Crippen molar-refractivity contribution in [2.45, 2.75) is 0 Å². The van der Waals surface area contributed by atoms with Crippen molar-refractivity contribution < 1.29 is 9.59 Å². The first-order valence-corrected chi connectivity index (χ1v) is 6.37. The molecule has 3 amide bonds. The molecule has 0 spiro atoms. The number of rotatable bonds is 5. The molecular weight excluding hydrogens is 345 g/mol. The Morgan fingerprint density at radius 3 is 2.56 bits per heavy atom. The van der Waals surface area contributed by atoms with Crippen molar-refractivity contribution >= 4 is 40.2 Å². The van der Waals surface area contributed by atoms with E-state index in [-0.39, 0.29) is 6.54 Å². The molecule has 0 aliphatic carbocycles. The van der Waals surface area contributed by atoms with Crippen LogP contribution in [0.3, 0.4) is 0 Å². The topological polar surface area (TPSA) is 70.2 Å². The first-order valence-electron chi connectivity index (χ1n) is 5.30. The van der Waals surface area contributed by atoms with Crippen molar-refractivity contribution in [2.24, 2.45) is 0 Å². The van der Waals surface area contributed by atoms with E-state index in [2.05, 4.69) is 45.1 Å². The van der Waals surface area contributed by atoms with Gasteiger partial charge in [0.25, 0.3) is 0 Å². The van der Waals surface area contributed by atoms with Crippen LogP contribution in [0.2, 0.25) is 0 Å². The van der Waals surface area contributed by atoms with Gasteiger partial charge < -0.3 is 10.6 Å². The third-order valence-corrected chi connectivity index (χ3v) is 2.68. The first-order chi connectivity index (χ1) is 8.61. The minimum atomic E-state index is -0.524. The fourth-order valence-electron chi connectivity index (χ4n) is 1.13. The van der Waals surface area contributed by atoms with E-state index in [1.54, 1.807) is 0 Å². The molecule has 0 radical (unpaired) electrons. The van der Waals surface area contributed by atoms with Crippen LogP contribution in [-0.4, -0.2) is 25.0 Å². The number of imide groups is 1. The maximum absolute atomic E-state index is 11.4. The van der Waals surface area contributed by atoms with Gasteiger partial charge in [0.2, 0.25) is 5.91 Å². The quantitative estimate of drug-likeness (QED) is 0.554. The highest BCUT2D eigenvalue weighted by molar-refractivity contribution is 14.1. The van der Waals surface area contributed by atoms with E-state index in [0.29, 0.717) is 6.54 Å². The summed E-state index contributed by atoms with van der Waals surface area (Å²) < 4.78 is 1.12. The van der Waals surface area contributed by atoms with E-state index >= 15 is 0 Å². The molecule has 3 N–H and O–H groups in total. The zero-order valence-electron chi connectivity index (χ0n) is 9.70. The van der Waals surface area contributed by atoms with Crippen LogP contribution < -0.4 is 16.0 Å². The van der Waals surface area contributed by atoms with E-state index in [0.717, 1.165) is 9.26 Å². The van der Waals surface area contributed by atoms with Gasteiger partial charge in [-0.05, 0) is 46.9 Å². The Morgan fingerprint density at radius 2 is 1.94 bits per heavy atom. The average molecular weight is 359 g/mol. The monoisotopic (exact) mass is 359 g/mol. The second kappa shape index (κ2) is 7.70. The van der Waals surface area contributed by atoms with Gasteiger partial charge in [-0.25, -0.2) is 4.79 Å². The second-order valence-electron chi connectivity index (χ2n) is 3.41. The van der Waals surface area contributed by atoms with E-state index in [1.165, 1.54) is 6.08 Å². The number of benzene rings is 1. The molecule has 0 saturated carbocycles. The SMILES string of the molecule is C=CCNC(=O)NC(=O)CNc1ccc(I)cc1. The minimum Gasteiger partial charge on any atom is -0.376 e. The molecule has 18 heavy (non-hydrogen) atoms. The third-order valence-electron chi connectivity index (χ3n) is 1.96. The standard InChI is InChI=1S/C12H14IN3O2/c1-2-7-14-12(18)16-11(17)8-15-10-5-3-9(13)4-6-10/h2-6,15H,1,7-8H2,(H2,14,16,17,18). The molecule has 1 aromatic rings. The first kappa shape index (κ1) is 14.5. The van der Waals surface area contributed by atoms with Crippen molar-refractivity contribution in [3.05, 3.63) is 40.5 Å². The van der Waals surface area contributed by atoms with Crippen LogP contribution in [-0.2, 0) is 4.79 Å². The van der Waals surface area contributed by atoms with Crippen molar-refractivity contribution in [1.29, 1.82) is 0 Å². The van der Waals surface area contributed by atoms with Gasteiger partial charge >= 0.3 is 6.03 Å². The van der Waals surface area contributed by atoms with E-state index in [9.17, 15) is 9.59 Å². The Kier molecular flexibility index (Phi) is 6.20. The highest BCUT2D eigenvalue weighted by Crippen LogP contribution is 2.10. The molecule has 0 saturated heterocycles. The number of amides is 3. The zero-order valence-corrected chi connectivity index (χ0v) is 11.9. The Hall–Kier alpha value is -1.57. The molecule has 0 aromatic heterocycles. The van der Waals surface area contributed by atoms with Gasteiger partial charge in [-0.3, -0.25) is 10.1 Å². The number of hydrogen-bond donors (Lipinski definition) is 3. The number of urea groups is 1. The third kappa shape index (κ3) is 5.67. The Bertz CT molecular complexity index is 431. The molecule has 0 heterocycles. The highest BCUT2D eigenvalue weighted by Gasteiger charge is 2.05. The maximum Gasteiger partial charge on any atom is 0.321 e. The van der Waals surface area contributed by atoms with Gasteiger partial charge in [-0.2, -0.15) is 0 Å². The summed E-state index contributed by atoms with van der Waals surface area (Å²) >= 11 is 2.20. The molecule has 6 heteroatoms. The summed E-state index contributed by atoms with van der Waals surface area (Å²) in [7, 11) is 0. The molecule has 96 valence electrons. The molecule has 5 nitrogen and oxygen atoms in total. The Balaban J connectivity index is 2.30. The number of anilines is 1. The van der Waals surface area contributed by atoms with Crippen molar-refractivity contribution in [1.82, 2.24) is 10.6 Å².